The van der Waals surface area contributed by atoms with Gasteiger partial charge in [0, 0.05) is 13.1 Å². The van der Waals surface area contributed by atoms with Crippen LogP contribution in [0.1, 0.15) is 19.3 Å². The number of amides is 1. The first-order chi connectivity index (χ1) is 8.54. The molecule has 100 valence electrons. The van der Waals surface area contributed by atoms with E-state index in [4.69, 9.17) is 5.11 Å². The van der Waals surface area contributed by atoms with Crippen molar-refractivity contribution < 1.29 is 24.2 Å². The van der Waals surface area contributed by atoms with Gasteiger partial charge < -0.3 is 14.7 Å². The molecule has 0 radical (unpaired) electrons. The summed E-state index contributed by atoms with van der Waals surface area (Å²) in [7, 11) is 1.36. The molecule has 0 spiro atoms. The smallest absolute Gasteiger partial charge is 0.308 e. The Morgan fingerprint density at radius 2 is 1.78 bits per heavy atom. The van der Waals surface area contributed by atoms with Crippen molar-refractivity contribution in [2.75, 3.05) is 20.2 Å². The van der Waals surface area contributed by atoms with Gasteiger partial charge in [-0.25, -0.2) is 0 Å². The summed E-state index contributed by atoms with van der Waals surface area (Å²) in [5, 5.41) is 8.79. The average Bonchev–Trinajstić information content (AvgIpc) is 3.17. The molecular weight excluding hydrogens is 238 g/mol. The first-order valence-corrected chi connectivity index (χ1v) is 6.14. The van der Waals surface area contributed by atoms with Crippen LogP contribution in [0.3, 0.4) is 0 Å². The zero-order valence-corrected chi connectivity index (χ0v) is 10.3. The lowest BCUT2D eigenvalue weighted by atomic mass is 9.96. The summed E-state index contributed by atoms with van der Waals surface area (Å²) in [5.41, 5.74) is 0. The third-order valence-corrected chi connectivity index (χ3v) is 3.77. The molecule has 0 unspecified atom stereocenters. The van der Waals surface area contributed by atoms with Crippen molar-refractivity contribution in [1.29, 1.82) is 0 Å². The van der Waals surface area contributed by atoms with E-state index < -0.39 is 11.9 Å². The van der Waals surface area contributed by atoms with E-state index >= 15 is 0 Å². The molecule has 0 aromatic heterocycles. The summed E-state index contributed by atoms with van der Waals surface area (Å²) in [6, 6.07) is 0. The van der Waals surface area contributed by atoms with Crippen molar-refractivity contribution in [2.24, 2.45) is 17.8 Å². The number of rotatable bonds is 3. The van der Waals surface area contributed by atoms with Crippen LogP contribution in [0.4, 0.5) is 0 Å². The quantitative estimate of drug-likeness (QED) is 0.724. The predicted molar refractivity (Wildman–Crippen MR) is 60.6 cm³/mol. The van der Waals surface area contributed by atoms with Gasteiger partial charge in [0.05, 0.1) is 24.9 Å². The number of hydrogen-bond acceptors (Lipinski definition) is 4. The van der Waals surface area contributed by atoms with Crippen molar-refractivity contribution in [3.63, 3.8) is 0 Å². The second-order valence-corrected chi connectivity index (χ2v) is 4.91. The fourth-order valence-electron chi connectivity index (χ4n) is 2.48. The summed E-state index contributed by atoms with van der Waals surface area (Å²) in [6.45, 7) is 1.03. The summed E-state index contributed by atoms with van der Waals surface area (Å²) in [6.07, 6.45) is 1.65. The minimum atomic E-state index is -0.891. The third-order valence-electron chi connectivity index (χ3n) is 3.77. The lowest BCUT2D eigenvalue weighted by Gasteiger charge is -2.30. The standard InChI is InChI=1S/C12H17NO5/c1-18-12(17)7-2-4-13(5-3-7)10(14)8-6-9(8)11(15)16/h7-9H,2-6H2,1H3,(H,15,16)/t8-,9+/m1/s1. The number of methoxy groups -OCH3 is 1. The molecule has 2 rings (SSSR count). The molecule has 18 heavy (non-hydrogen) atoms. The van der Waals surface area contributed by atoms with Crippen molar-refractivity contribution >= 4 is 17.8 Å². The van der Waals surface area contributed by atoms with Gasteiger partial charge in [0.25, 0.3) is 0 Å². The molecule has 6 nitrogen and oxygen atoms in total. The number of piperidine rings is 1. The first kappa shape index (κ1) is 12.9. The van der Waals surface area contributed by atoms with Gasteiger partial charge >= 0.3 is 11.9 Å². The second-order valence-electron chi connectivity index (χ2n) is 4.91. The Labute approximate surface area is 105 Å². The fraction of sp³-hybridized carbons (Fsp3) is 0.750. The maximum Gasteiger partial charge on any atom is 0.308 e. The Hall–Kier alpha value is -1.59. The van der Waals surface area contributed by atoms with E-state index in [1.165, 1.54) is 7.11 Å². The van der Waals surface area contributed by atoms with Crippen molar-refractivity contribution in [2.45, 2.75) is 19.3 Å². The molecule has 2 atom stereocenters. The van der Waals surface area contributed by atoms with Crippen LogP contribution in [0.2, 0.25) is 0 Å². The summed E-state index contributed by atoms with van der Waals surface area (Å²) < 4.78 is 4.67. The van der Waals surface area contributed by atoms with Gasteiger partial charge in [-0.2, -0.15) is 0 Å². The van der Waals surface area contributed by atoms with E-state index in [0.717, 1.165) is 0 Å². The number of carboxylic acids is 1. The molecule has 1 N–H and O–H groups in total. The molecule has 1 aliphatic carbocycles. The molecule has 2 fully saturated rings. The van der Waals surface area contributed by atoms with E-state index in [0.29, 0.717) is 32.4 Å². The third kappa shape index (κ3) is 2.47. The Kier molecular flexibility index (Phi) is 3.54. The lowest BCUT2D eigenvalue weighted by molar-refractivity contribution is -0.149. The number of aliphatic carboxylic acids is 1. The van der Waals surface area contributed by atoms with E-state index in [1.807, 2.05) is 0 Å². The normalized spacial score (nSPS) is 27.7. The molecule has 0 aromatic rings. The van der Waals surface area contributed by atoms with Crippen LogP contribution >= 0.6 is 0 Å². The molecule has 2 aliphatic rings. The Morgan fingerprint density at radius 3 is 2.22 bits per heavy atom. The number of ether oxygens (including phenoxy) is 1. The van der Waals surface area contributed by atoms with Crippen molar-refractivity contribution in [3.05, 3.63) is 0 Å². The SMILES string of the molecule is COC(=O)C1CCN(C(=O)[C@@H]2C[C@@H]2C(=O)O)CC1. The van der Waals surface area contributed by atoms with Crippen LogP contribution in [0.25, 0.3) is 0 Å². The van der Waals surface area contributed by atoms with E-state index in [-0.39, 0.29) is 23.7 Å². The number of carboxylic acid groups (broad SMARTS) is 1. The van der Waals surface area contributed by atoms with Crippen molar-refractivity contribution in [3.8, 4) is 0 Å². The van der Waals surface area contributed by atoms with E-state index in [9.17, 15) is 14.4 Å². The summed E-state index contributed by atoms with van der Waals surface area (Å²) in [5.74, 6) is -2.18. The van der Waals surface area contributed by atoms with Crippen LogP contribution in [0.5, 0.6) is 0 Å². The number of carbonyl (C=O) groups is 3. The molecular formula is C12H17NO5. The molecule has 6 heteroatoms. The minimum Gasteiger partial charge on any atom is -0.481 e. The zero-order valence-electron chi connectivity index (χ0n) is 10.3. The lowest BCUT2D eigenvalue weighted by Crippen LogP contribution is -2.41. The highest BCUT2D eigenvalue weighted by Gasteiger charge is 2.50. The van der Waals surface area contributed by atoms with Gasteiger partial charge in [-0.3, -0.25) is 14.4 Å². The Bertz CT molecular complexity index is 373. The van der Waals surface area contributed by atoms with E-state index in [1.54, 1.807) is 4.90 Å². The highest BCUT2D eigenvalue weighted by atomic mass is 16.5. The van der Waals surface area contributed by atoms with Crippen LogP contribution in [0, 0.1) is 17.8 Å². The van der Waals surface area contributed by atoms with Crippen LogP contribution in [-0.4, -0.2) is 48.1 Å². The maximum absolute atomic E-state index is 12.0. The van der Waals surface area contributed by atoms with Gasteiger partial charge in [-0.15, -0.1) is 0 Å². The number of likely N-dealkylation sites (tertiary alicyclic amines) is 1. The van der Waals surface area contributed by atoms with Crippen LogP contribution < -0.4 is 0 Å². The second kappa shape index (κ2) is 4.96. The van der Waals surface area contributed by atoms with Gasteiger partial charge in [0.1, 0.15) is 0 Å². The monoisotopic (exact) mass is 255 g/mol. The molecule has 0 bridgehead atoms. The zero-order chi connectivity index (χ0) is 13.3. The van der Waals surface area contributed by atoms with Crippen LogP contribution in [0.15, 0.2) is 0 Å². The Morgan fingerprint density at radius 1 is 1.17 bits per heavy atom. The van der Waals surface area contributed by atoms with Gasteiger partial charge in [-0.1, -0.05) is 0 Å². The van der Waals surface area contributed by atoms with Crippen LogP contribution in [-0.2, 0) is 19.1 Å². The minimum absolute atomic E-state index is 0.0780. The fourth-order valence-corrected chi connectivity index (χ4v) is 2.48. The maximum atomic E-state index is 12.0. The molecule has 1 saturated heterocycles. The molecule has 1 amide bonds. The summed E-state index contributed by atoms with van der Waals surface area (Å²) >= 11 is 0. The summed E-state index contributed by atoms with van der Waals surface area (Å²) in [4.78, 5) is 35.7. The van der Waals surface area contributed by atoms with E-state index in [2.05, 4.69) is 4.74 Å². The predicted octanol–water partition coefficient (Wildman–Crippen LogP) is 0.119. The van der Waals surface area contributed by atoms with Gasteiger partial charge in [0.15, 0.2) is 0 Å². The van der Waals surface area contributed by atoms with Gasteiger partial charge in [0.2, 0.25) is 5.91 Å². The average molecular weight is 255 g/mol. The highest BCUT2D eigenvalue weighted by molar-refractivity contribution is 5.89. The number of esters is 1. The Balaban J connectivity index is 1.82. The van der Waals surface area contributed by atoms with Gasteiger partial charge in [-0.05, 0) is 19.3 Å². The topological polar surface area (TPSA) is 83.9 Å². The highest BCUT2D eigenvalue weighted by Crippen LogP contribution is 2.40. The number of carbonyl (C=O) groups excluding carboxylic acids is 2. The first-order valence-electron chi connectivity index (χ1n) is 6.14. The number of hydrogen-bond donors (Lipinski definition) is 1. The number of nitrogens with zero attached hydrogens (tertiary/aromatic N) is 1. The van der Waals surface area contributed by atoms with Crippen molar-refractivity contribution in [1.82, 2.24) is 4.90 Å². The largest absolute Gasteiger partial charge is 0.481 e. The molecule has 1 aliphatic heterocycles. The molecule has 1 saturated carbocycles. The molecule has 0 aromatic carbocycles. The molecule has 1 heterocycles.